The zero-order chi connectivity index (χ0) is 10.4. The summed E-state index contributed by atoms with van der Waals surface area (Å²) in [7, 11) is 0. The summed E-state index contributed by atoms with van der Waals surface area (Å²) in [5.41, 5.74) is 6.03. The Balaban J connectivity index is 2.25. The van der Waals surface area contributed by atoms with Gasteiger partial charge in [0.25, 0.3) is 0 Å². The molecule has 0 spiro atoms. The van der Waals surface area contributed by atoms with E-state index in [1.807, 2.05) is 24.3 Å². The van der Waals surface area contributed by atoms with Crippen LogP contribution in [0.5, 0.6) is 0 Å². The number of rotatable bonds is 5. The lowest BCUT2D eigenvalue weighted by molar-refractivity contribution is -0.122. The van der Waals surface area contributed by atoms with Gasteiger partial charge in [0.15, 0.2) is 0 Å². The van der Waals surface area contributed by atoms with Gasteiger partial charge >= 0.3 is 0 Å². The summed E-state index contributed by atoms with van der Waals surface area (Å²) in [5.74, 6) is -0.443. The Bertz CT molecular complexity index is 297. The molecule has 1 amide bonds. The average Bonchev–Trinajstić information content (AvgIpc) is 2.15. The van der Waals surface area contributed by atoms with E-state index in [0.717, 1.165) is 12.0 Å². The standard InChI is InChI=1S/C10H12ClNO2/c11-9-3-1-8(2-4-9)5-6-14-7-10(12)13/h1-4H,5-7H2,(H2,12,13). The highest BCUT2D eigenvalue weighted by Gasteiger charge is 1.96. The van der Waals surface area contributed by atoms with Gasteiger partial charge in [-0.1, -0.05) is 23.7 Å². The highest BCUT2D eigenvalue weighted by atomic mass is 35.5. The van der Waals surface area contributed by atoms with Crippen molar-refractivity contribution in [3.05, 3.63) is 34.9 Å². The van der Waals surface area contributed by atoms with Crippen LogP contribution in [-0.2, 0) is 16.0 Å². The van der Waals surface area contributed by atoms with Gasteiger partial charge in [0.2, 0.25) is 5.91 Å². The van der Waals surface area contributed by atoms with E-state index in [1.54, 1.807) is 0 Å². The minimum atomic E-state index is -0.443. The first-order valence-electron chi connectivity index (χ1n) is 4.29. The SMILES string of the molecule is NC(=O)COCCc1ccc(Cl)cc1. The highest BCUT2D eigenvalue weighted by Crippen LogP contribution is 2.09. The minimum absolute atomic E-state index is 0.0202. The molecule has 1 aromatic carbocycles. The number of carbonyl (C=O) groups excluding carboxylic acids is 1. The van der Waals surface area contributed by atoms with Gasteiger partial charge in [0, 0.05) is 5.02 Å². The molecule has 3 nitrogen and oxygen atoms in total. The molecule has 0 aromatic heterocycles. The summed E-state index contributed by atoms with van der Waals surface area (Å²) in [6.07, 6.45) is 0.754. The maximum Gasteiger partial charge on any atom is 0.243 e. The topological polar surface area (TPSA) is 52.3 Å². The molecule has 0 saturated carbocycles. The lowest BCUT2D eigenvalue weighted by atomic mass is 10.2. The third-order valence-electron chi connectivity index (χ3n) is 1.69. The molecule has 0 heterocycles. The van der Waals surface area contributed by atoms with Crippen LogP contribution in [-0.4, -0.2) is 19.1 Å². The number of hydrogen-bond donors (Lipinski definition) is 1. The van der Waals surface area contributed by atoms with Gasteiger partial charge in [-0.3, -0.25) is 4.79 Å². The fourth-order valence-electron chi connectivity index (χ4n) is 1.01. The third kappa shape index (κ3) is 4.25. The Morgan fingerprint density at radius 2 is 2.00 bits per heavy atom. The number of carbonyl (C=O) groups is 1. The molecular weight excluding hydrogens is 202 g/mol. The van der Waals surface area contributed by atoms with Crippen molar-refractivity contribution in [2.24, 2.45) is 5.73 Å². The first-order valence-corrected chi connectivity index (χ1v) is 4.67. The van der Waals surface area contributed by atoms with Crippen molar-refractivity contribution in [3.63, 3.8) is 0 Å². The van der Waals surface area contributed by atoms with Crippen molar-refractivity contribution in [1.29, 1.82) is 0 Å². The van der Waals surface area contributed by atoms with Crippen LogP contribution in [0.25, 0.3) is 0 Å². The summed E-state index contributed by atoms with van der Waals surface area (Å²) >= 11 is 5.72. The smallest absolute Gasteiger partial charge is 0.243 e. The predicted molar refractivity (Wildman–Crippen MR) is 55.2 cm³/mol. The van der Waals surface area contributed by atoms with Crippen molar-refractivity contribution in [3.8, 4) is 0 Å². The van der Waals surface area contributed by atoms with Crippen LogP contribution >= 0.6 is 11.6 Å². The number of benzene rings is 1. The molecule has 0 fully saturated rings. The van der Waals surface area contributed by atoms with E-state index >= 15 is 0 Å². The third-order valence-corrected chi connectivity index (χ3v) is 1.94. The molecule has 0 bridgehead atoms. The van der Waals surface area contributed by atoms with Gasteiger partial charge < -0.3 is 10.5 Å². The lowest BCUT2D eigenvalue weighted by Gasteiger charge is -2.02. The Kier molecular flexibility index (Phi) is 4.43. The van der Waals surface area contributed by atoms with Crippen LogP contribution in [0.15, 0.2) is 24.3 Å². The molecule has 0 aliphatic rings. The molecule has 4 heteroatoms. The first kappa shape index (κ1) is 11.0. The van der Waals surface area contributed by atoms with E-state index in [0.29, 0.717) is 11.6 Å². The van der Waals surface area contributed by atoms with E-state index in [4.69, 9.17) is 22.1 Å². The number of primary amides is 1. The quantitative estimate of drug-likeness (QED) is 0.752. The fourth-order valence-corrected chi connectivity index (χ4v) is 1.14. The summed E-state index contributed by atoms with van der Waals surface area (Å²) in [6.45, 7) is 0.470. The molecule has 0 aliphatic carbocycles. The largest absolute Gasteiger partial charge is 0.371 e. The van der Waals surface area contributed by atoms with E-state index in [1.165, 1.54) is 0 Å². The van der Waals surface area contributed by atoms with E-state index in [2.05, 4.69) is 0 Å². The zero-order valence-electron chi connectivity index (χ0n) is 7.70. The molecule has 0 unspecified atom stereocenters. The predicted octanol–water partition coefficient (Wildman–Crippen LogP) is 1.38. The molecule has 2 N–H and O–H groups in total. The normalized spacial score (nSPS) is 10.1. The Hall–Kier alpha value is -1.06. The number of ether oxygens (including phenoxy) is 1. The summed E-state index contributed by atoms with van der Waals surface area (Å²) < 4.78 is 5.02. The highest BCUT2D eigenvalue weighted by molar-refractivity contribution is 6.30. The van der Waals surface area contributed by atoms with E-state index < -0.39 is 5.91 Å². The molecule has 0 radical (unpaired) electrons. The zero-order valence-corrected chi connectivity index (χ0v) is 8.46. The van der Waals surface area contributed by atoms with Crippen molar-refractivity contribution in [2.75, 3.05) is 13.2 Å². The Labute approximate surface area is 87.8 Å². The first-order chi connectivity index (χ1) is 6.68. The van der Waals surface area contributed by atoms with Crippen molar-refractivity contribution in [2.45, 2.75) is 6.42 Å². The molecule has 0 aliphatic heterocycles. The van der Waals surface area contributed by atoms with Crippen LogP contribution in [0.4, 0.5) is 0 Å². The van der Waals surface area contributed by atoms with Gasteiger partial charge in [-0.05, 0) is 24.1 Å². The summed E-state index contributed by atoms with van der Waals surface area (Å²) in [4.78, 5) is 10.3. The number of amides is 1. The maximum atomic E-state index is 10.3. The monoisotopic (exact) mass is 213 g/mol. The Morgan fingerprint density at radius 3 is 2.57 bits per heavy atom. The molecule has 76 valence electrons. The van der Waals surface area contributed by atoms with Crippen molar-refractivity contribution < 1.29 is 9.53 Å². The molecule has 1 rings (SSSR count). The van der Waals surface area contributed by atoms with Crippen LogP contribution in [0, 0.1) is 0 Å². The molecule has 0 saturated heterocycles. The average molecular weight is 214 g/mol. The number of nitrogens with two attached hydrogens (primary N) is 1. The van der Waals surface area contributed by atoms with Gasteiger partial charge in [-0.25, -0.2) is 0 Å². The Morgan fingerprint density at radius 1 is 1.36 bits per heavy atom. The van der Waals surface area contributed by atoms with E-state index in [-0.39, 0.29) is 6.61 Å². The van der Waals surface area contributed by atoms with E-state index in [9.17, 15) is 4.79 Å². The molecule has 1 aromatic rings. The van der Waals surface area contributed by atoms with Crippen LogP contribution in [0.3, 0.4) is 0 Å². The van der Waals surface area contributed by atoms with Gasteiger partial charge in [0.1, 0.15) is 6.61 Å². The molecule has 0 atom stereocenters. The lowest BCUT2D eigenvalue weighted by Crippen LogP contribution is -2.18. The number of hydrogen-bond acceptors (Lipinski definition) is 2. The van der Waals surface area contributed by atoms with Crippen molar-refractivity contribution >= 4 is 17.5 Å². The van der Waals surface area contributed by atoms with Gasteiger partial charge in [0.05, 0.1) is 6.61 Å². The van der Waals surface area contributed by atoms with Crippen LogP contribution in [0.2, 0.25) is 5.02 Å². The second-order valence-corrected chi connectivity index (χ2v) is 3.33. The van der Waals surface area contributed by atoms with Gasteiger partial charge in [-0.2, -0.15) is 0 Å². The second-order valence-electron chi connectivity index (χ2n) is 2.90. The summed E-state index contributed by atoms with van der Waals surface area (Å²) in [5, 5.41) is 0.715. The fraction of sp³-hybridized carbons (Fsp3) is 0.300. The molecular formula is C10H12ClNO2. The minimum Gasteiger partial charge on any atom is -0.371 e. The van der Waals surface area contributed by atoms with Crippen LogP contribution < -0.4 is 5.73 Å². The van der Waals surface area contributed by atoms with Crippen molar-refractivity contribution in [1.82, 2.24) is 0 Å². The molecule has 14 heavy (non-hydrogen) atoms. The maximum absolute atomic E-state index is 10.3. The van der Waals surface area contributed by atoms with Gasteiger partial charge in [-0.15, -0.1) is 0 Å². The summed E-state index contributed by atoms with van der Waals surface area (Å²) in [6, 6.07) is 7.50. The number of halogens is 1. The van der Waals surface area contributed by atoms with Crippen LogP contribution in [0.1, 0.15) is 5.56 Å². The second kappa shape index (κ2) is 5.62.